The summed E-state index contributed by atoms with van der Waals surface area (Å²) in [7, 11) is 0. The summed E-state index contributed by atoms with van der Waals surface area (Å²) in [5.74, 6) is -4.91. The van der Waals surface area contributed by atoms with Crippen LogP contribution >= 0.6 is 31.9 Å². The molecule has 1 fully saturated rings. The monoisotopic (exact) mass is 494 g/mol. The fraction of sp³-hybridized carbons (Fsp3) is 0.105. The van der Waals surface area contributed by atoms with Crippen LogP contribution in [0.5, 0.6) is 17.2 Å². The Labute approximate surface area is 170 Å². The van der Waals surface area contributed by atoms with Gasteiger partial charge in [-0.3, -0.25) is 14.4 Å². The van der Waals surface area contributed by atoms with Crippen LogP contribution in [0.25, 0.3) is 5.57 Å². The maximum absolute atomic E-state index is 12.6. The number of ketones is 3. The Bertz CT molecular complexity index is 1010. The zero-order valence-corrected chi connectivity index (χ0v) is 16.7. The highest BCUT2D eigenvalue weighted by atomic mass is 79.9. The third-order valence-corrected chi connectivity index (χ3v) is 5.55. The number of Topliss-reactive ketones (excluding diaryl/α,β-unsaturated/α-hetero) is 3. The number of aromatic hydroxyl groups is 3. The van der Waals surface area contributed by atoms with Crippen molar-refractivity contribution in [3.05, 3.63) is 57.6 Å². The minimum absolute atomic E-state index is 0.0277. The first-order valence-corrected chi connectivity index (χ1v) is 9.44. The average Bonchev–Trinajstić information content (AvgIpc) is 2.67. The van der Waals surface area contributed by atoms with Gasteiger partial charge in [0.05, 0.1) is 9.30 Å². The van der Waals surface area contributed by atoms with E-state index in [0.29, 0.717) is 5.56 Å². The first-order chi connectivity index (χ1) is 12.7. The van der Waals surface area contributed by atoms with Crippen molar-refractivity contribution in [3.8, 4) is 17.2 Å². The quantitative estimate of drug-likeness (QED) is 0.255. The van der Waals surface area contributed by atoms with E-state index in [1.807, 2.05) is 0 Å². The zero-order valence-electron chi connectivity index (χ0n) is 13.6. The molecule has 0 aromatic heterocycles. The lowest BCUT2D eigenvalue weighted by Gasteiger charge is -2.22. The molecule has 0 spiro atoms. The normalized spacial score (nSPS) is 19.3. The molecule has 2 aromatic rings. The van der Waals surface area contributed by atoms with Crippen LogP contribution in [0.15, 0.2) is 46.4 Å². The molecule has 0 bridgehead atoms. The van der Waals surface area contributed by atoms with Crippen molar-refractivity contribution in [2.75, 3.05) is 0 Å². The van der Waals surface area contributed by atoms with Gasteiger partial charge in [0.2, 0.25) is 17.3 Å². The van der Waals surface area contributed by atoms with Crippen LogP contribution < -0.4 is 0 Å². The van der Waals surface area contributed by atoms with Crippen molar-refractivity contribution in [1.29, 1.82) is 0 Å². The fourth-order valence-electron chi connectivity index (χ4n) is 2.88. The lowest BCUT2D eigenvalue weighted by molar-refractivity contribution is -0.143. The first-order valence-electron chi connectivity index (χ1n) is 7.73. The van der Waals surface area contributed by atoms with Crippen molar-refractivity contribution in [2.45, 2.75) is 11.2 Å². The molecule has 3 N–H and O–H groups in total. The lowest BCUT2D eigenvalue weighted by Crippen LogP contribution is -2.38. The Kier molecular flexibility index (Phi) is 5.21. The number of hydrogen-bond acceptors (Lipinski definition) is 6. The topological polar surface area (TPSA) is 112 Å². The van der Waals surface area contributed by atoms with Crippen LogP contribution in [0.2, 0.25) is 0 Å². The summed E-state index contributed by atoms with van der Waals surface area (Å²) in [4.78, 5) is 35.6. The van der Waals surface area contributed by atoms with Gasteiger partial charge in [0.1, 0.15) is 0 Å². The van der Waals surface area contributed by atoms with E-state index in [-0.39, 0.29) is 27.6 Å². The van der Waals surface area contributed by atoms with Gasteiger partial charge in [-0.25, -0.2) is 0 Å². The van der Waals surface area contributed by atoms with Gasteiger partial charge in [0.25, 0.3) is 5.78 Å². The van der Waals surface area contributed by atoms with Gasteiger partial charge in [0.15, 0.2) is 11.5 Å². The highest BCUT2D eigenvalue weighted by Crippen LogP contribution is 2.47. The molecule has 0 radical (unpaired) electrons. The maximum atomic E-state index is 12.6. The molecule has 0 saturated heterocycles. The van der Waals surface area contributed by atoms with Crippen LogP contribution in [0.4, 0.5) is 0 Å². The van der Waals surface area contributed by atoms with Gasteiger partial charge >= 0.3 is 0 Å². The van der Waals surface area contributed by atoms with Gasteiger partial charge in [-0.1, -0.05) is 46.3 Å². The molecule has 0 heterocycles. The van der Waals surface area contributed by atoms with E-state index in [9.17, 15) is 29.7 Å². The molecular weight excluding hydrogens is 484 g/mol. The number of carbonyl (C=O) groups is 3. The van der Waals surface area contributed by atoms with E-state index in [0.717, 1.165) is 0 Å². The molecule has 1 aliphatic carbocycles. The van der Waals surface area contributed by atoms with Crippen LogP contribution in [-0.4, -0.2) is 37.5 Å². The molecular formula is C19H12Br2O6. The number of halogens is 2. The second kappa shape index (κ2) is 7.28. The zero-order chi connectivity index (χ0) is 19.9. The molecule has 1 unspecified atom stereocenters. The van der Waals surface area contributed by atoms with Crippen molar-refractivity contribution in [3.63, 3.8) is 0 Å². The summed E-state index contributed by atoms with van der Waals surface area (Å²) in [6.07, 6.45) is -0.0632. The summed E-state index contributed by atoms with van der Waals surface area (Å²) < 4.78 is 0.0860. The molecule has 0 aliphatic heterocycles. The Morgan fingerprint density at radius 1 is 0.926 bits per heavy atom. The smallest absolute Gasteiger partial charge is 0.269 e. The Morgan fingerprint density at radius 2 is 1.56 bits per heavy atom. The number of alkyl halides is 1. The van der Waals surface area contributed by atoms with Crippen LogP contribution in [0.3, 0.4) is 0 Å². The highest BCUT2D eigenvalue weighted by Gasteiger charge is 2.39. The van der Waals surface area contributed by atoms with Crippen LogP contribution in [-0.2, 0) is 14.4 Å². The Morgan fingerprint density at radius 3 is 2.19 bits per heavy atom. The van der Waals surface area contributed by atoms with E-state index in [4.69, 9.17) is 0 Å². The van der Waals surface area contributed by atoms with E-state index in [2.05, 4.69) is 31.9 Å². The summed E-state index contributed by atoms with van der Waals surface area (Å²) in [6.45, 7) is 0. The number of hydrogen-bond donors (Lipinski definition) is 3. The standard InChI is InChI=1S/C19H12Br2O6/c20-11-6-9(14(22)18(26)16(11)24)13(8-4-2-1-3-5-8)10-7-12(21)17(25)19(27)15(10)23/h1-6,12,22,24,26H,7H2/b13-10-. The van der Waals surface area contributed by atoms with Gasteiger partial charge in [0, 0.05) is 16.7 Å². The molecule has 1 saturated carbocycles. The molecule has 8 heteroatoms. The molecule has 1 atom stereocenters. The van der Waals surface area contributed by atoms with Gasteiger partial charge in [-0.05, 0) is 34.0 Å². The summed E-state index contributed by atoms with van der Waals surface area (Å²) in [5, 5.41) is 30.2. The maximum Gasteiger partial charge on any atom is 0.269 e. The number of phenols is 3. The predicted molar refractivity (Wildman–Crippen MR) is 104 cm³/mol. The highest BCUT2D eigenvalue weighted by molar-refractivity contribution is 9.10. The third-order valence-electron chi connectivity index (χ3n) is 4.21. The van der Waals surface area contributed by atoms with Crippen molar-refractivity contribution in [2.24, 2.45) is 0 Å². The van der Waals surface area contributed by atoms with Crippen LogP contribution in [0.1, 0.15) is 17.5 Å². The number of phenolic OH excluding ortho intramolecular Hbond substituents is 3. The number of benzene rings is 2. The van der Waals surface area contributed by atoms with E-state index in [1.165, 1.54) is 6.07 Å². The fourth-order valence-corrected chi connectivity index (χ4v) is 3.82. The molecule has 1 aliphatic rings. The largest absolute Gasteiger partial charge is 0.504 e. The average molecular weight is 496 g/mol. The first kappa shape index (κ1) is 19.3. The summed E-state index contributed by atoms with van der Waals surface area (Å²) >= 11 is 6.20. The number of rotatable bonds is 2. The summed E-state index contributed by atoms with van der Waals surface area (Å²) in [5.41, 5.74) is 0.753. The summed E-state index contributed by atoms with van der Waals surface area (Å²) in [6, 6.07) is 9.81. The van der Waals surface area contributed by atoms with Crippen LogP contribution in [0, 0.1) is 0 Å². The molecule has 3 rings (SSSR count). The number of allylic oxidation sites excluding steroid dienone is 1. The second-order valence-electron chi connectivity index (χ2n) is 5.87. The molecule has 0 amide bonds. The van der Waals surface area contributed by atoms with E-state index in [1.54, 1.807) is 30.3 Å². The predicted octanol–water partition coefficient (Wildman–Crippen LogP) is 3.24. The molecule has 27 heavy (non-hydrogen) atoms. The van der Waals surface area contributed by atoms with Gasteiger partial charge in [-0.15, -0.1) is 0 Å². The Hall–Kier alpha value is -2.45. The lowest BCUT2D eigenvalue weighted by atomic mass is 9.82. The van der Waals surface area contributed by atoms with Crippen molar-refractivity contribution >= 4 is 54.8 Å². The molecule has 138 valence electrons. The van der Waals surface area contributed by atoms with Crippen molar-refractivity contribution < 1.29 is 29.7 Å². The van der Waals surface area contributed by atoms with Crippen molar-refractivity contribution in [1.82, 2.24) is 0 Å². The molecule has 6 nitrogen and oxygen atoms in total. The van der Waals surface area contributed by atoms with E-state index < -0.39 is 39.4 Å². The minimum Gasteiger partial charge on any atom is -0.504 e. The third kappa shape index (κ3) is 3.30. The number of carbonyl (C=O) groups excluding carboxylic acids is 3. The van der Waals surface area contributed by atoms with E-state index >= 15 is 0 Å². The minimum atomic E-state index is -1.15. The second-order valence-corrected chi connectivity index (χ2v) is 7.83. The Balaban J connectivity index is 2.38. The van der Waals surface area contributed by atoms with Gasteiger partial charge in [-0.2, -0.15) is 0 Å². The van der Waals surface area contributed by atoms with Gasteiger partial charge < -0.3 is 15.3 Å². The molecule has 2 aromatic carbocycles. The SMILES string of the molecule is O=C1C(=O)/C(=C(/c2ccccc2)c2cc(Br)c(O)c(O)c2O)CC(Br)C1=O.